The molecule has 0 unspecified atom stereocenters. The number of anilines is 1. The molecule has 1 amide bonds. The predicted octanol–water partition coefficient (Wildman–Crippen LogP) is 2.90. The van der Waals surface area contributed by atoms with Gasteiger partial charge in [-0.05, 0) is 36.8 Å². The van der Waals surface area contributed by atoms with Crippen LogP contribution in [0.5, 0.6) is 5.75 Å². The largest absolute Gasteiger partial charge is 0.495 e. The van der Waals surface area contributed by atoms with E-state index in [2.05, 4.69) is 10.3 Å². The van der Waals surface area contributed by atoms with E-state index in [0.29, 0.717) is 17.0 Å². The fourth-order valence-electron chi connectivity index (χ4n) is 2.17. The van der Waals surface area contributed by atoms with Gasteiger partial charge >= 0.3 is 0 Å². The van der Waals surface area contributed by atoms with Crippen molar-refractivity contribution >= 4 is 17.1 Å². The minimum Gasteiger partial charge on any atom is -0.495 e. The van der Waals surface area contributed by atoms with Crippen LogP contribution >= 0.6 is 0 Å². The number of carbonyl (C=O) groups is 1. The van der Waals surface area contributed by atoms with Crippen molar-refractivity contribution in [1.82, 2.24) is 9.38 Å². The number of amides is 1. The van der Waals surface area contributed by atoms with E-state index in [1.165, 1.54) is 0 Å². The number of hydrogen-bond donors (Lipinski definition) is 1. The maximum Gasteiger partial charge on any atom is 0.255 e. The smallest absolute Gasteiger partial charge is 0.255 e. The van der Waals surface area contributed by atoms with Crippen molar-refractivity contribution in [3.05, 3.63) is 60.2 Å². The molecule has 3 rings (SSSR count). The summed E-state index contributed by atoms with van der Waals surface area (Å²) in [6, 6.07) is 9.21. The van der Waals surface area contributed by atoms with E-state index in [1.54, 1.807) is 31.8 Å². The molecule has 5 heteroatoms. The van der Waals surface area contributed by atoms with Crippen molar-refractivity contribution in [2.75, 3.05) is 12.4 Å². The van der Waals surface area contributed by atoms with E-state index in [9.17, 15) is 4.79 Å². The summed E-state index contributed by atoms with van der Waals surface area (Å²) in [6.45, 7) is 1.97. The second-order valence-electron chi connectivity index (χ2n) is 4.80. The summed E-state index contributed by atoms with van der Waals surface area (Å²) >= 11 is 0. The lowest BCUT2D eigenvalue weighted by Crippen LogP contribution is -2.13. The summed E-state index contributed by atoms with van der Waals surface area (Å²) in [6.07, 6.45) is 5.22. The number of benzene rings is 1. The fraction of sp³-hybridized carbons (Fsp3) is 0.125. The zero-order valence-electron chi connectivity index (χ0n) is 11.8. The van der Waals surface area contributed by atoms with E-state index < -0.39 is 0 Å². The van der Waals surface area contributed by atoms with Gasteiger partial charge in [-0.1, -0.05) is 6.07 Å². The van der Waals surface area contributed by atoms with Gasteiger partial charge < -0.3 is 14.5 Å². The molecule has 0 spiro atoms. The van der Waals surface area contributed by atoms with Crippen molar-refractivity contribution in [3.8, 4) is 5.75 Å². The second kappa shape index (κ2) is 5.28. The molecule has 0 bridgehead atoms. The van der Waals surface area contributed by atoms with Crippen molar-refractivity contribution < 1.29 is 9.53 Å². The molecule has 5 nitrogen and oxygen atoms in total. The van der Waals surface area contributed by atoms with Crippen LogP contribution in [0.3, 0.4) is 0 Å². The van der Waals surface area contributed by atoms with Crippen LogP contribution in [0.25, 0.3) is 5.52 Å². The van der Waals surface area contributed by atoms with E-state index in [-0.39, 0.29) is 5.91 Å². The number of ether oxygens (including phenoxy) is 1. The van der Waals surface area contributed by atoms with Crippen LogP contribution in [0, 0.1) is 6.92 Å². The number of hydrogen-bond acceptors (Lipinski definition) is 3. The normalized spacial score (nSPS) is 10.6. The molecule has 1 aromatic carbocycles. The van der Waals surface area contributed by atoms with Crippen molar-refractivity contribution in [1.29, 1.82) is 0 Å². The number of fused-ring (bicyclic) bond motifs is 1. The molecule has 2 aromatic heterocycles. The Kier molecular flexibility index (Phi) is 3.31. The number of rotatable bonds is 3. The van der Waals surface area contributed by atoms with Crippen LogP contribution in [-0.4, -0.2) is 22.4 Å². The Balaban J connectivity index is 1.90. The standard InChI is InChI=1S/C16H15N3O2/c1-11-3-4-15(21-2)14(7-11)18-16(20)12-5-6-19-10-17-9-13(19)8-12/h3-10H,1-2H3,(H,18,20). The van der Waals surface area contributed by atoms with Gasteiger partial charge in [-0.3, -0.25) is 4.79 Å². The summed E-state index contributed by atoms with van der Waals surface area (Å²) in [5.41, 5.74) is 3.17. The van der Waals surface area contributed by atoms with Gasteiger partial charge in [0.1, 0.15) is 5.75 Å². The van der Waals surface area contributed by atoms with Crippen LogP contribution in [0.2, 0.25) is 0 Å². The summed E-state index contributed by atoms with van der Waals surface area (Å²) in [7, 11) is 1.58. The number of imidazole rings is 1. The summed E-state index contributed by atoms with van der Waals surface area (Å²) in [4.78, 5) is 16.4. The Morgan fingerprint density at radius 1 is 1.29 bits per heavy atom. The molecular formula is C16H15N3O2. The number of nitrogens with one attached hydrogen (secondary N) is 1. The lowest BCUT2D eigenvalue weighted by Gasteiger charge is -2.11. The van der Waals surface area contributed by atoms with Gasteiger partial charge in [-0.2, -0.15) is 0 Å². The average molecular weight is 281 g/mol. The zero-order chi connectivity index (χ0) is 14.8. The minimum absolute atomic E-state index is 0.178. The molecule has 0 atom stereocenters. The number of nitrogens with zero attached hydrogens (tertiary/aromatic N) is 2. The van der Waals surface area contributed by atoms with E-state index in [1.807, 2.05) is 35.7 Å². The molecule has 2 heterocycles. The first-order chi connectivity index (χ1) is 10.2. The van der Waals surface area contributed by atoms with E-state index in [4.69, 9.17) is 4.74 Å². The summed E-state index contributed by atoms with van der Waals surface area (Å²) in [5.74, 6) is 0.460. The third kappa shape index (κ3) is 2.58. The first-order valence-electron chi connectivity index (χ1n) is 6.55. The number of pyridine rings is 1. The molecule has 1 N–H and O–H groups in total. The SMILES string of the molecule is COc1ccc(C)cc1NC(=O)c1ccn2cncc2c1. The number of aryl methyl sites for hydroxylation is 1. The zero-order valence-corrected chi connectivity index (χ0v) is 11.8. The molecule has 0 radical (unpaired) electrons. The maximum atomic E-state index is 12.4. The molecular weight excluding hydrogens is 266 g/mol. The number of carbonyl (C=O) groups excluding carboxylic acids is 1. The quantitative estimate of drug-likeness (QED) is 0.803. The van der Waals surface area contributed by atoms with Gasteiger partial charge in [0.05, 0.1) is 30.8 Å². The third-order valence-electron chi connectivity index (χ3n) is 3.28. The Morgan fingerprint density at radius 3 is 2.95 bits per heavy atom. The lowest BCUT2D eigenvalue weighted by atomic mass is 10.2. The molecule has 0 aliphatic heterocycles. The molecule has 21 heavy (non-hydrogen) atoms. The molecule has 106 valence electrons. The molecule has 0 saturated carbocycles. The van der Waals surface area contributed by atoms with Crippen LogP contribution in [-0.2, 0) is 0 Å². The fourth-order valence-corrected chi connectivity index (χ4v) is 2.17. The monoisotopic (exact) mass is 281 g/mol. The Morgan fingerprint density at radius 2 is 2.14 bits per heavy atom. The van der Waals surface area contributed by atoms with Crippen LogP contribution in [0.15, 0.2) is 49.1 Å². The van der Waals surface area contributed by atoms with Gasteiger partial charge in [-0.25, -0.2) is 4.98 Å². The molecule has 0 aliphatic carbocycles. The van der Waals surface area contributed by atoms with Crippen LogP contribution in [0.1, 0.15) is 15.9 Å². The topological polar surface area (TPSA) is 55.6 Å². The van der Waals surface area contributed by atoms with Crippen molar-refractivity contribution in [2.24, 2.45) is 0 Å². The predicted molar refractivity (Wildman–Crippen MR) is 80.9 cm³/mol. The molecule has 0 aliphatic rings. The first kappa shape index (κ1) is 13.2. The highest BCUT2D eigenvalue weighted by atomic mass is 16.5. The maximum absolute atomic E-state index is 12.4. The van der Waals surface area contributed by atoms with Gasteiger partial charge in [0.2, 0.25) is 0 Å². The molecule has 3 aromatic rings. The van der Waals surface area contributed by atoms with Crippen LogP contribution < -0.4 is 10.1 Å². The third-order valence-corrected chi connectivity index (χ3v) is 3.28. The Hall–Kier alpha value is -2.82. The van der Waals surface area contributed by atoms with Crippen molar-refractivity contribution in [3.63, 3.8) is 0 Å². The second-order valence-corrected chi connectivity index (χ2v) is 4.80. The van der Waals surface area contributed by atoms with E-state index in [0.717, 1.165) is 11.1 Å². The number of methoxy groups -OCH3 is 1. The number of aromatic nitrogens is 2. The summed E-state index contributed by atoms with van der Waals surface area (Å²) in [5, 5.41) is 2.88. The van der Waals surface area contributed by atoms with Gasteiger partial charge in [0.25, 0.3) is 5.91 Å². The first-order valence-corrected chi connectivity index (χ1v) is 6.55. The summed E-state index contributed by atoms with van der Waals surface area (Å²) < 4.78 is 7.12. The van der Waals surface area contributed by atoms with E-state index >= 15 is 0 Å². The molecule has 0 fully saturated rings. The van der Waals surface area contributed by atoms with Crippen LogP contribution in [0.4, 0.5) is 5.69 Å². The average Bonchev–Trinajstić information content (AvgIpc) is 2.94. The van der Waals surface area contributed by atoms with Crippen molar-refractivity contribution in [2.45, 2.75) is 6.92 Å². The highest BCUT2D eigenvalue weighted by molar-refractivity contribution is 6.05. The Bertz CT molecular complexity index is 808. The van der Waals surface area contributed by atoms with Gasteiger partial charge in [0.15, 0.2) is 0 Å². The lowest BCUT2D eigenvalue weighted by molar-refractivity contribution is 0.102. The van der Waals surface area contributed by atoms with Gasteiger partial charge in [0, 0.05) is 11.8 Å². The minimum atomic E-state index is -0.178. The highest BCUT2D eigenvalue weighted by Gasteiger charge is 2.10. The van der Waals surface area contributed by atoms with Gasteiger partial charge in [-0.15, -0.1) is 0 Å². The highest BCUT2D eigenvalue weighted by Crippen LogP contribution is 2.25. The molecule has 0 saturated heterocycles. The Labute approximate surface area is 122 Å².